The van der Waals surface area contributed by atoms with Gasteiger partial charge in [-0.15, -0.1) is 11.3 Å². The molecule has 5 nitrogen and oxygen atoms in total. The molecule has 2 saturated heterocycles. The molecule has 3 aromatic rings. The standard InChI is InChI=1S/C26H29N3O2S/c1-18(30)29-15-12-20(17-29)24-22-6-2-3-7-23(22)32-25(24)26(31)27-21-10-8-19(9-11-21)16-28-13-4-5-14-28/h2-3,6-11,20H,4-5,12-17H2,1H3,(H,27,31). The first-order valence-electron chi connectivity index (χ1n) is 11.5. The van der Waals surface area contributed by atoms with Crippen LogP contribution in [0.15, 0.2) is 48.5 Å². The van der Waals surface area contributed by atoms with E-state index >= 15 is 0 Å². The summed E-state index contributed by atoms with van der Waals surface area (Å²) in [5, 5.41) is 4.25. The van der Waals surface area contributed by atoms with Gasteiger partial charge in [0.25, 0.3) is 5.91 Å². The van der Waals surface area contributed by atoms with Crippen molar-refractivity contribution in [3.63, 3.8) is 0 Å². The van der Waals surface area contributed by atoms with E-state index in [1.165, 1.54) is 31.5 Å². The second-order valence-corrected chi connectivity index (χ2v) is 9.98. The molecule has 5 rings (SSSR count). The van der Waals surface area contributed by atoms with Gasteiger partial charge in [-0.25, -0.2) is 0 Å². The molecule has 1 unspecified atom stereocenters. The van der Waals surface area contributed by atoms with Crippen LogP contribution in [-0.4, -0.2) is 47.8 Å². The number of nitrogens with zero attached hydrogens (tertiary/aromatic N) is 2. The molecule has 0 spiro atoms. The van der Waals surface area contributed by atoms with E-state index in [-0.39, 0.29) is 17.7 Å². The molecule has 1 aromatic heterocycles. The lowest BCUT2D eigenvalue weighted by Crippen LogP contribution is -2.25. The fourth-order valence-corrected chi connectivity index (χ4v) is 6.19. The van der Waals surface area contributed by atoms with E-state index < -0.39 is 0 Å². The third kappa shape index (κ3) is 4.30. The average Bonchev–Trinajstić information content (AvgIpc) is 3.54. The van der Waals surface area contributed by atoms with Gasteiger partial charge < -0.3 is 10.2 Å². The van der Waals surface area contributed by atoms with Crippen molar-refractivity contribution in [2.24, 2.45) is 0 Å². The molecule has 2 fully saturated rings. The van der Waals surface area contributed by atoms with Crippen molar-refractivity contribution in [3.05, 3.63) is 64.5 Å². The zero-order valence-electron chi connectivity index (χ0n) is 18.5. The van der Waals surface area contributed by atoms with Gasteiger partial charge in [-0.05, 0) is 67.1 Å². The lowest BCUT2D eigenvalue weighted by atomic mass is 9.95. The van der Waals surface area contributed by atoms with E-state index in [9.17, 15) is 9.59 Å². The molecular formula is C26H29N3O2S. The number of amides is 2. The van der Waals surface area contributed by atoms with Crippen LogP contribution in [0, 0.1) is 0 Å². The van der Waals surface area contributed by atoms with Crippen LogP contribution in [0.1, 0.15) is 52.9 Å². The predicted molar refractivity (Wildman–Crippen MR) is 130 cm³/mol. The monoisotopic (exact) mass is 447 g/mol. The highest BCUT2D eigenvalue weighted by atomic mass is 32.1. The summed E-state index contributed by atoms with van der Waals surface area (Å²) in [6.45, 7) is 6.38. The Labute approximate surface area is 193 Å². The van der Waals surface area contributed by atoms with E-state index in [0.29, 0.717) is 6.54 Å². The highest BCUT2D eigenvalue weighted by molar-refractivity contribution is 7.21. The summed E-state index contributed by atoms with van der Waals surface area (Å²) >= 11 is 1.55. The van der Waals surface area contributed by atoms with Crippen molar-refractivity contribution >= 4 is 38.9 Å². The van der Waals surface area contributed by atoms with Crippen LogP contribution in [0.2, 0.25) is 0 Å². The zero-order valence-corrected chi connectivity index (χ0v) is 19.3. The Kier molecular flexibility index (Phi) is 5.98. The zero-order chi connectivity index (χ0) is 22.1. The van der Waals surface area contributed by atoms with Gasteiger partial charge >= 0.3 is 0 Å². The first-order valence-corrected chi connectivity index (χ1v) is 12.3. The fourth-order valence-electron chi connectivity index (χ4n) is 5.00. The van der Waals surface area contributed by atoms with E-state index in [1.54, 1.807) is 18.3 Å². The summed E-state index contributed by atoms with van der Waals surface area (Å²) in [4.78, 5) is 30.3. The van der Waals surface area contributed by atoms with Gasteiger partial charge in [-0.2, -0.15) is 0 Å². The molecule has 0 bridgehead atoms. The second-order valence-electron chi connectivity index (χ2n) is 8.93. The van der Waals surface area contributed by atoms with Crippen LogP contribution in [0.3, 0.4) is 0 Å². The van der Waals surface area contributed by atoms with Crippen molar-refractivity contribution < 1.29 is 9.59 Å². The summed E-state index contributed by atoms with van der Waals surface area (Å²) in [5.41, 5.74) is 3.19. The van der Waals surface area contributed by atoms with E-state index in [4.69, 9.17) is 0 Å². The van der Waals surface area contributed by atoms with E-state index in [0.717, 1.165) is 45.7 Å². The highest BCUT2D eigenvalue weighted by Gasteiger charge is 2.31. The van der Waals surface area contributed by atoms with Crippen LogP contribution >= 0.6 is 11.3 Å². The Morgan fingerprint density at radius 3 is 2.50 bits per heavy atom. The average molecular weight is 448 g/mol. The molecule has 6 heteroatoms. The van der Waals surface area contributed by atoms with E-state index in [1.807, 2.05) is 29.2 Å². The van der Waals surface area contributed by atoms with Crippen LogP contribution in [0.4, 0.5) is 5.69 Å². The maximum absolute atomic E-state index is 13.4. The number of anilines is 1. The van der Waals surface area contributed by atoms with Crippen molar-refractivity contribution in [2.45, 2.75) is 38.6 Å². The molecule has 2 aromatic carbocycles. The largest absolute Gasteiger partial charge is 0.342 e. The third-order valence-corrected chi connectivity index (χ3v) is 7.88. The lowest BCUT2D eigenvalue weighted by Gasteiger charge is -2.16. The first kappa shape index (κ1) is 21.2. The predicted octanol–water partition coefficient (Wildman–Crippen LogP) is 5.09. The molecule has 1 atom stereocenters. The smallest absolute Gasteiger partial charge is 0.266 e. The van der Waals surface area contributed by atoms with Gasteiger partial charge in [0, 0.05) is 42.9 Å². The van der Waals surface area contributed by atoms with Crippen molar-refractivity contribution in [3.8, 4) is 0 Å². The number of nitrogens with one attached hydrogen (secondary N) is 1. The second kappa shape index (κ2) is 9.04. The fraction of sp³-hybridized carbons (Fsp3) is 0.385. The summed E-state index contributed by atoms with van der Waals surface area (Å²) in [7, 11) is 0. The number of benzene rings is 2. The van der Waals surface area contributed by atoms with Gasteiger partial charge in [-0.1, -0.05) is 30.3 Å². The van der Waals surface area contributed by atoms with Gasteiger partial charge in [-0.3, -0.25) is 14.5 Å². The minimum atomic E-state index is -0.0604. The summed E-state index contributed by atoms with van der Waals surface area (Å²) < 4.78 is 1.12. The molecular weight excluding hydrogens is 418 g/mol. The van der Waals surface area contributed by atoms with Gasteiger partial charge in [0.1, 0.15) is 0 Å². The minimum Gasteiger partial charge on any atom is -0.342 e. The van der Waals surface area contributed by atoms with Crippen LogP contribution in [-0.2, 0) is 11.3 Å². The molecule has 0 saturated carbocycles. The van der Waals surface area contributed by atoms with Crippen LogP contribution < -0.4 is 5.32 Å². The Morgan fingerprint density at radius 2 is 1.78 bits per heavy atom. The Hall–Kier alpha value is -2.70. The third-order valence-electron chi connectivity index (χ3n) is 6.70. The summed E-state index contributed by atoms with van der Waals surface area (Å²) in [5.74, 6) is 0.237. The van der Waals surface area contributed by atoms with Gasteiger partial charge in [0.05, 0.1) is 4.88 Å². The summed E-state index contributed by atoms with van der Waals surface area (Å²) in [6, 6.07) is 16.4. The van der Waals surface area contributed by atoms with Crippen LogP contribution in [0.5, 0.6) is 0 Å². The highest BCUT2D eigenvalue weighted by Crippen LogP contribution is 2.40. The van der Waals surface area contributed by atoms with E-state index in [2.05, 4.69) is 34.5 Å². The normalized spacial score (nSPS) is 19.0. The Morgan fingerprint density at radius 1 is 1.03 bits per heavy atom. The molecule has 3 heterocycles. The number of likely N-dealkylation sites (tertiary alicyclic amines) is 2. The number of hydrogen-bond donors (Lipinski definition) is 1. The molecule has 166 valence electrons. The Bertz CT molecular complexity index is 1130. The van der Waals surface area contributed by atoms with Crippen molar-refractivity contribution in [1.82, 2.24) is 9.80 Å². The SMILES string of the molecule is CC(=O)N1CCC(c2c(C(=O)Nc3ccc(CN4CCCC4)cc3)sc3ccccc23)C1. The quantitative estimate of drug-likeness (QED) is 0.593. The van der Waals surface area contributed by atoms with Gasteiger partial charge in [0.15, 0.2) is 0 Å². The molecule has 2 amide bonds. The van der Waals surface area contributed by atoms with Crippen molar-refractivity contribution in [1.29, 1.82) is 0 Å². The summed E-state index contributed by atoms with van der Waals surface area (Å²) in [6.07, 6.45) is 3.47. The number of hydrogen-bond acceptors (Lipinski definition) is 4. The number of rotatable bonds is 5. The Balaban J connectivity index is 1.37. The first-order chi connectivity index (χ1) is 15.6. The topological polar surface area (TPSA) is 52.7 Å². The molecule has 2 aliphatic rings. The minimum absolute atomic E-state index is 0.0604. The maximum atomic E-state index is 13.4. The number of carbonyl (C=O) groups excluding carboxylic acids is 2. The van der Waals surface area contributed by atoms with Gasteiger partial charge in [0.2, 0.25) is 5.91 Å². The maximum Gasteiger partial charge on any atom is 0.266 e. The lowest BCUT2D eigenvalue weighted by molar-refractivity contribution is -0.127. The number of carbonyl (C=O) groups is 2. The number of fused-ring (bicyclic) bond motifs is 1. The molecule has 2 aliphatic heterocycles. The molecule has 1 N–H and O–H groups in total. The molecule has 0 radical (unpaired) electrons. The molecule has 0 aliphatic carbocycles. The number of thiophene rings is 1. The van der Waals surface area contributed by atoms with Crippen LogP contribution in [0.25, 0.3) is 10.1 Å². The molecule has 32 heavy (non-hydrogen) atoms. The van der Waals surface area contributed by atoms with Crippen molar-refractivity contribution in [2.75, 3.05) is 31.5 Å².